The molecule has 27 heavy (non-hydrogen) atoms. The van der Waals surface area contributed by atoms with E-state index in [4.69, 9.17) is 23.2 Å². The number of ether oxygens (including phenoxy) is 1. The number of nitrogens with one attached hydrogen (secondary N) is 1. The fourth-order valence-corrected chi connectivity index (χ4v) is 3.00. The molecule has 2 aliphatic heterocycles. The van der Waals surface area contributed by atoms with Crippen molar-refractivity contribution in [1.82, 2.24) is 15.2 Å². The number of hydrogen-bond donors (Lipinski definition) is 1. The fourth-order valence-electron chi connectivity index (χ4n) is 2.68. The molecule has 2 amide bonds. The molecule has 0 saturated carbocycles. The maximum Gasteiger partial charge on any atom is 0.303 e. The Morgan fingerprint density at radius 2 is 2.11 bits per heavy atom. The summed E-state index contributed by atoms with van der Waals surface area (Å²) < 4.78 is 4.64. The molecular formula is C17H16Cl2N4O4. The van der Waals surface area contributed by atoms with Gasteiger partial charge in [-0.1, -0.05) is 29.3 Å². The number of benzene rings is 1. The van der Waals surface area contributed by atoms with E-state index in [1.807, 2.05) is 0 Å². The fraction of sp³-hybridized carbons (Fsp3) is 0.294. The van der Waals surface area contributed by atoms with Crippen LogP contribution < -0.4 is 5.32 Å². The highest BCUT2D eigenvalue weighted by Gasteiger charge is 2.34. The predicted molar refractivity (Wildman–Crippen MR) is 98.9 cm³/mol. The topological polar surface area (TPSA) is 91.3 Å². The molecule has 0 spiro atoms. The lowest BCUT2D eigenvalue weighted by atomic mass is 10.2. The van der Waals surface area contributed by atoms with Crippen LogP contribution in [0, 0.1) is 0 Å². The van der Waals surface area contributed by atoms with Crippen molar-refractivity contribution in [2.45, 2.75) is 19.5 Å². The average molecular weight is 411 g/mol. The first kappa shape index (κ1) is 19.2. The van der Waals surface area contributed by atoms with Crippen molar-refractivity contribution in [3.63, 3.8) is 0 Å². The highest BCUT2D eigenvalue weighted by Crippen LogP contribution is 2.25. The number of rotatable bonds is 5. The van der Waals surface area contributed by atoms with Crippen molar-refractivity contribution in [2.75, 3.05) is 13.2 Å². The first-order chi connectivity index (χ1) is 12.8. The summed E-state index contributed by atoms with van der Waals surface area (Å²) in [5.41, 5.74) is 1.18. The third-order valence-corrected chi connectivity index (χ3v) is 4.65. The number of halogens is 2. The van der Waals surface area contributed by atoms with Crippen molar-refractivity contribution in [3.05, 3.63) is 45.6 Å². The van der Waals surface area contributed by atoms with E-state index in [2.05, 4.69) is 15.2 Å². The van der Waals surface area contributed by atoms with E-state index < -0.39 is 17.9 Å². The zero-order valence-electron chi connectivity index (χ0n) is 14.3. The second kappa shape index (κ2) is 7.98. The van der Waals surface area contributed by atoms with E-state index in [0.717, 1.165) is 5.56 Å². The third kappa shape index (κ3) is 4.58. The molecule has 0 radical (unpaired) electrons. The molecule has 0 bridgehead atoms. The minimum Gasteiger partial charge on any atom is -0.456 e. The Hall–Kier alpha value is -2.58. The Labute approximate surface area is 165 Å². The standard InChI is InChI=1S/C17H16Cl2N4O4/c1-10(24)27-8-16(25)21-12-5-15-17(26)22(9-20-23(15)7-12)6-11-2-3-13(18)14(19)4-11/h2-5,9,12H,6-8H2,1H3,(H,21,25). The van der Waals surface area contributed by atoms with Crippen molar-refractivity contribution < 1.29 is 19.1 Å². The molecule has 8 nitrogen and oxygen atoms in total. The van der Waals surface area contributed by atoms with E-state index in [1.54, 1.807) is 24.3 Å². The Kier molecular flexibility index (Phi) is 5.67. The van der Waals surface area contributed by atoms with Gasteiger partial charge in [0.05, 0.1) is 29.2 Å². The van der Waals surface area contributed by atoms with Crippen LogP contribution in [0.2, 0.25) is 10.0 Å². The van der Waals surface area contributed by atoms with Crippen LogP contribution in [0.1, 0.15) is 12.5 Å². The maximum atomic E-state index is 12.7. The van der Waals surface area contributed by atoms with Gasteiger partial charge in [-0.25, -0.2) is 0 Å². The number of carbonyl (C=O) groups excluding carboxylic acids is 3. The molecule has 0 fully saturated rings. The number of amides is 2. The number of carbonyl (C=O) groups is 3. The lowest BCUT2D eigenvalue weighted by Gasteiger charge is -2.27. The van der Waals surface area contributed by atoms with Gasteiger partial charge in [0.2, 0.25) is 0 Å². The number of hydrazone groups is 1. The zero-order chi connectivity index (χ0) is 19.6. The molecule has 1 aromatic carbocycles. The van der Waals surface area contributed by atoms with E-state index >= 15 is 0 Å². The molecule has 2 aliphatic rings. The van der Waals surface area contributed by atoms with Crippen LogP contribution in [-0.4, -0.2) is 53.2 Å². The average Bonchev–Trinajstić information content (AvgIpc) is 3.02. The quantitative estimate of drug-likeness (QED) is 0.743. The van der Waals surface area contributed by atoms with Crippen LogP contribution in [0.5, 0.6) is 0 Å². The number of hydrogen-bond acceptors (Lipinski definition) is 6. The van der Waals surface area contributed by atoms with E-state index in [-0.39, 0.29) is 19.1 Å². The van der Waals surface area contributed by atoms with Crippen molar-refractivity contribution >= 4 is 47.3 Å². The summed E-state index contributed by atoms with van der Waals surface area (Å²) in [6.45, 7) is 1.47. The van der Waals surface area contributed by atoms with Gasteiger partial charge in [0.15, 0.2) is 6.61 Å². The molecule has 3 rings (SSSR count). The normalized spacial score (nSPS) is 18.3. The van der Waals surface area contributed by atoms with Crippen LogP contribution in [0.15, 0.2) is 35.1 Å². The van der Waals surface area contributed by atoms with Gasteiger partial charge >= 0.3 is 5.97 Å². The van der Waals surface area contributed by atoms with Crippen LogP contribution in [-0.2, 0) is 25.7 Å². The van der Waals surface area contributed by atoms with Gasteiger partial charge in [-0.2, -0.15) is 5.10 Å². The summed E-state index contributed by atoms with van der Waals surface area (Å²) in [6, 6.07) is 4.73. The van der Waals surface area contributed by atoms with Gasteiger partial charge in [0.25, 0.3) is 11.8 Å². The first-order valence-electron chi connectivity index (χ1n) is 8.04. The molecule has 0 saturated heterocycles. The lowest BCUT2D eigenvalue weighted by molar-refractivity contribution is -0.146. The van der Waals surface area contributed by atoms with Gasteiger partial charge in [-0.3, -0.25) is 24.3 Å². The third-order valence-electron chi connectivity index (χ3n) is 3.91. The molecule has 0 aromatic heterocycles. The van der Waals surface area contributed by atoms with Gasteiger partial charge in [-0.15, -0.1) is 0 Å². The minimum atomic E-state index is -0.537. The van der Waals surface area contributed by atoms with Crippen LogP contribution in [0.4, 0.5) is 0 Å². The van der Waals surface area contributed by atoms with Crippen LogP contribution in [0.3, 0.4) is 0 Å². The second-order valence-corrected chi connectivity index (χ2v) is 6.82. The Bertz CT molecular complexity index is 855. The molecule has 2 heterocycles. The van der Waals surface area contributed by atoms with Crippen LogP contribution >= 0.6 is 23.2 Å². The van der Waals surface area contributed by atoms with Crippen molar-refractivity contribution in [3.8, 4) is 0 Å². The van der Waals surface area contributed by atoms with E-state index in [9.17, 15) is 14.4 Å². The molecule has 1 aromatic rings. The molecular weight excluding hydrogens is 395 g/mol. The summed E-state index contributed by atoms with van der Waals surface area (Å²) in [5.74, 6) is -1.23. The molecule has 0 aliphatic carbocycles. The summed E-state index contributed by atoms with van der Waals surface area (Å²) >= 11 is 11.9. The smallest absolute Gasteiger partial charge is 0.303 e. The molecule has 1 unspecified atom stereocenters. The van der Waals surface area contributed by atoms with E-state index in [0.29, 0.717) is 22.3 Å². The molecule has 142 valence electrons. The molecule has 10 heteroatoms. The summed E-state index contributed by atoms with van der Waals surface area (Å²) in [7, 11) is 0. The number of fused-ring (bicyclic) bond motifs is 1. The highest BCUT2D eigenvalue weighted by molar-refractivity contribution is 6.42. The van der Waals surface area contributed by atoms with Crippen molar-refractivity contribution in [2.24, 2.45) is 5.10 Å². The molecule has 1 N–H and O–H groups in total. The van der Waals surface area contributed by atoms with Crippen molar-refractivity contribution in [1.29, 1.82) is 0 Å². The largest absolute Gasteiger partial charge is 0.456 e. The number of esters is 1. The Balaban J connectivity index is 1.64. The number of nitrogens with zero attached hydrogens (tertiary/aromatic N) is 3. The van der Waals surface area contributed by atoms with Gasteiger partial charge in [0.1, 0.15) is 12.0 Å². The van der Waals surface area contributed by atoms with Gasteiger partial charge in [0, 0.05) is 6.92 Å². The summed E-state index contributed by atoms with van der Waals surface area (Å²) in [5, 5.41) is 9.29. The van der Waals surface area contributed by atoms with Gasteiger partial charge < -0.3 is 10.1 Å². The first-order valence-corrected chi connectivity index (χ1v) is 8.80. The minimum absolute atomic E-state index is 0.243. The van der Waals surface area contributed by atoms with Gasteiger partial charge in [-0.05, 0) is 23.8 Å². The zero-order valence-corrected chi connectivity index (χ0v) is 15.8. The van der Waals surface area contributed by atoms with Crippen LogP contribution in [0.25, 0.3) is 0 Å². The Morgan fingerprint density at radius 3 is 2.81 bits per heavy atom. The Morgan fingerprint density at radius 1 is 1.33 bits per heavy atom. The second-order valence-electron chi connectivity index (χ2n) is 6.00. The summed E-state index contributed by atoms with van der Waals surface area (Å²) in [6.07, 6.45) is 3.07. The summed E-state index contributed by atoms with van der Waals surface area (Å²) in [4.78, 5) is 36.7. The molecule has 1 atom stereocenters. The SMILES string of the molecule is CC(=O)OCC(=O)NC1C=C2C(=O)N(Cc3ccc(Cl)c(Cl)c3)C=NN2C1. The highest BCUT2D eigenvalue weighted by atomic mass is 35.5. The monoisotopic (exact) mass is 410 g/mol. The van der Waals surface area contributed by atoms with E-state index in [1.165, 1.54) is 23.2 Å². The predicted octanol–water partition coefficient (Wildman–Crippen LogP) is 1.53. The maximum absolute atomic E-state index is 12.7. The lowest BCUT2D eigenvalue weighted by Crippen LogP contribution is -2.41.